The lowest BCUT2D eigenvalue weighted by Gasteiger charge is -2.13. The van der Waals surface area contributed by atoms with Gasteiger partial charge in [0.25, 0.3) is 0 Å². The van der Waals surface area contributed by atoms with E-state index in [1.807, 2.05) is 6.92 Å². The molecule has 84 valence electrons. The summed E-state index contributed by atoms with van der Waals surface area (Å²) in [5.74, 6) is -0.216. The molecule has 0 bridgehead atoms. The van der Waals surface area contributed by atoms with Crippen molar-refractivity contribution < 1.29 is 17.9 Å². The highest BCUT2D eigenvalue weighted by atomic mass is 35.5. The fourth-order valence-electron chi connectivity index (χ4n) is 1.15. The zero-order chi connectivity index (χ0) is 11.5. The molecule has 1 nitrogen and oxygen atoms in total. The van der Waals surface area contributed by atoms with Crippen LogP contribution in [0.2, 0.25) is 0 Å². The summed E-state index contributed by atoms with van der Waals surface area (Å²) in [6.45, 7) is 1.85. The van der Waals surface area contributed by atoms with Crippen molar-refractivity contribution >= 4 is 11.6 Å². The molecule has 0 aliphatic carbocycles. The average molecular weight is 239 g/mol. The predicted molar refractivity (Wildman–Crippen MR) is 52.1 cm³/mol. The van der Waals surface area contributed by atoms with E-state index in [0.717, 1.165) is 5.56 Å². The molecule has 0 saturated carbocycles. The third-order valence-electron chi connectivity index (χ3n) is 1.91. The molecule has 0 atom stereocenters. The first-order valence-electron chi connectivity index (χ1n) is 4.39. The van der Waals surface area contributed by atoms with Crippen molar-refractivity contribution in [3.63, 3.8) is 0 Å². The summed E-state index contributed by atoms with van der Waals surface area (Å²) in [6.07, 6.45) is -4.02. The van der Waals surface area contributed by atoms with Crippen LogP contribution in [0.4, 0.5) is 13.2 Å². The van der Waals surface area contributed by atoms with Gasteiger partial charge in [0.05, 0.1) is 5.88 Å². The highest BCUT2D eigenvalue weighted by molar-refractivity contribution is 6.17. The number of halogens is 4. The molecular formula is C10H10ClF3O. The van der Waals surface area contributed by atoms with Gasteiger partial charge in [0.2, 0.25) is 0 Å². The van der Waals surface area contributed by atoms with E-state index in [2.05, 4.69) is 4.74 Å². The van der Waals surface area contributed by atoms with Gasteiger partial charge in [0.1, 0.15) is 5.75 Å². The summed E-state index contributed by atoms with van der Waals surface area (Å²) in [4.78, 5) is 0. The first-order chi connectivity index (χ1) is 6.96. The molecule has 0 aromatic heterocycles. The summed E-state index contributed by atoms with van der Waals surface area (Å²) < 4.78 is 40.0. The van der Waals surface area contributed by atoms with E-state index in [1.54, 1.807) is 12.1 Å². The molecule has 15 heavy (non-hydrogen) atoms. The van der Waals surface area contributed by atoms with Gasteiger partial charge >= 0.3 is 6.36 Å². The third kappa shape index (κ3) is 3.63. The molecular weight excluding hydrogens is 229 g/mol. The van der Waals surface area contributed by atoms with Crippen LogP contribution in [0.25, 0.3) is 0 Å². The predicted octanol–water partition coefficient (Wildman–Crippen LogP) is 3.89. The Balaban J connectivity index is 3.01. The molecule has 0 fully saturated rings. The third-order valence-corrected chi connectivity index (χ3v) is 2.20. The summed E-state index contributed by atoms with van der Waals surface area (Å²) >= 11 is 5.51. The van der Waals surface area contributed by atoms with Crippen LogP contribution in [0, 0.1) is 0 Å². The van der Waals surface area contributed by atoms with E-state index in [0.29, 0.717) is 12.0 Å². The molecule has 0 saturated heterocycles. The van der Waals surface area contributed by atoms with Crippen molar-refractivity contribution in [1.82, 2.24) is 0 Å². The molecule has 1 aromatic rings. The maximum atomic E-state index is 12.0. The Hall–Kier alpha value is -0.900. The zero-order valence-electron chi connectivity index (χ0n) is 8.07. The minimum absolute atomic E-state index is 0.00456. The number of ether oxygens (including phenoxy) is 1. The van der Waals surface area contributed by atoms with Crippen LogP contribution < -0.4 is 4.74 Å². The monoisotopic (exact) mass is 238 g/mol. The molecule has 0 amide bonds. The van der Waals surface area contributed by atoms with E-state index in [1.165, 1.54) is 6.07 Å². The Morgan fingerprint density at radius 1 is 1.33 bits per heavy atom. The van der Waals surface area contributed by atoms with E-state index in [9.17, 15) is 13.2 Å². The topological polar surface area (TPSA) is 9.23 Å². The quantitative estimate of drug-likeness (QED) is 0.726. The van der Waals surface area contributed by atoms with Gasteiger partial charge in [-0.15, -0.1) is 24.8 Å². The average Bonchev–Trinajstić information content (AvgIpc) is 2.15. The number of rotatable bonds is 3. The molecule has 0 aliphatic rings. The molecule has 0 heterocycles. The van der Waals surface area contributed by atoms with Crippen LogP contribution in [-0.2, 0) is 12.3 Å². The number of benzene rings is 1. The maximum Gasteiger partial charge on any atom is 0.573 e. The smallest absolute Gasteiger partial charge is 0.405 e. The lowest BCUT2D eigenvalue weighted by atomic mass is 10.1. The van der Waals surface area contributed by atoms with E-state index in [-0.39, 0.29) is 11.6 Å². The second kappa shape index (κ2) is 4.75. The number of hydrogen-bond acceptors (Lipinski definition) is 1. The van der Waals surface area contributed by atoms with Crippen molar-refractivity contribution in [2.45, 2.75) is 25.6 Å². The van der Waals surface area contributed by atoms with Gasteiger partial charge in [0.15, 0.2) is 0 Å². The largest absolute Gasteiger partial charge is 0.573 e. The van der Waals surface area contributed by atoms with Crippen LogP contribution in [0.1, 0.15) is 18.1 Å². The fourth-order valence-corrected chi connectivity index (χ4v) is 1.37. The van der Waals surface area contributed by atoms with Crippen molar-refractivity contribution in [3.05, 3.63) is 29.3 Å². The van der Waals surface area contributed by atoms with Gasteiger partial charge in [-0.2, -0.15) is 0 Å². The van der Waals surface area contributed by atoms with Crippen molar-refractivity contribution in [1.29, 1.82) is 0 Å². The molecule has 0 radical (unpaired) electrons. The Labute approximate surface area is 90.8 Å². The summed E-state index contributed by atoms with van der Waals surface area (Å²) in [7, 11) is 0. The highest BCUT2D eigenvalue weighted by Gasteiger charge is 2.32. The SMILES string of the molecule is CCc1ccc(CCl)c(OC(F)(F)F)c1. The number of hydrogen-bond donors (Lipinski definition) is 0. The maximum absolute atomic E-state index is 12.0. The second-order valence-electron chi connectivity index (χ2n) is 2.98. The van der Waals surface area contributed by atoms with E-state index < -0.39 is 6.36 Å². The van der Waals surface area contributed by atoms with E-state index in [4.69, 9.17) is 11.6 Å². The van der Waals surface area contributed by atoms with E-state index >= 15 is 0 Å². The normalized spacial score (nSPS) is 11.5. The molecule has 5 heteroatoms. The van der Waals surface area contributed by atoms with Gasteiger partial charge in [0, 0.05) is 5.56 Å². The molecule has 0 spiro atoms. The minimum atomic E-state index is -4.67. The Bertz CT molecular complexity index is 336. The lowest BCUT2D eigenvalue weighted by molar-refractivity contribution is -0.274. The standard InChI is InChI=1S/C10H10ClF3O/c1-2-7-3-4-8(6-11)9(5-7)15-10(12,13)14/h3-5H,2,6H2,1H3. The Morgan fingerprint density at radius 3 is 2.47 bits per heavy atom. The molecule has 1 rings (SSSR count). The van der Waals surface area contributed by atoms with Crippen molar-refractivity contribution in [2.75, 3.05) is 0 Å². The van der Waals surface area contributed by atoms with Crippen LogP contribution >= 0.6 is 11.6 Å². The summed E-state index contributed by atoms with van der Waals surface area (Å²) in [6, 6.07) is 4.65. The number of alkyl halides is 4. The molecule has 0 unspecified atom stereocenters. The van der Waals surface area contributed by atoms with Gasteiger partial charge in [-0.05, 0) is 18.1 Å². The van der Waals surface area contributed by atoms with Crippen LogP contribution in [0.3, 0.4) is 0 Å². The first-order valence-corrected chi connectivity index (χ1v) is 4.93. The molecule has 0 N–H and O–H groups in total. The number of aryl methyl sites for hydroxylation is 1. The summed E-state index contributed by atoms with van der Waals surface area (Å²) in [5, 5.41) is 0. The van der Waals surface area contributed by atoms with Crippen LogP contribution in [0.5, 0.6) is 5.75 Å². The molecule has 1 aromatic carbocycles. The summed E-state index contributed by atoms with van der Waals surface area (Å²) in [5.41, 5.74) is 1.12. The fraction of sp³-hybridized carbons (Fsp3) is 0.400. The van der Waals surface area contributed by atoms with Crippen molar-refractivity contribution in [2.24, 2.45) is 0 Å². The van der Waals surface area contributed by atoms with Gasteiger partial charge in [-0.25, -0.2) is 0 Å². The Kier molecular flexibility index (Phi) is 3.85. The van der Waals surface area contributed by atoms with Crippen LogP contribution in [-0.4, -0.2) is 6.36 Å². The lowest BCUT2D eigenvalue weighted by Crippen LogP contribution is -2.18. The van der Waals surface area contributed by atoms with Crippen LogP contribution in [0.15, 0.2) is 18.2 Å². The Morgan fingerprint density at radius 2 is 2.00 bits per heavy atom. The van der Waals surface area contributed by atoms with Crippen molar-refractivity contribution in [3.8, 4) is 5.75 Å². The second-order valence-corrected chi connectivity index (χ2v) is 3.24. The van der Waals surface area contributed by atoms with Gasteiger partial charge < -0.3 is 4.74 Å². The highest BCUT2D eigenvalue weighted by Crippen LogP contribution is 2.28. The van der Waals surface area contributed by atoms with Gasteiger partial charge in [-0.1, -0.05) is 19.1 Å². The first kappa shape index (κ1) is 12.2. The minimum Gasteiger partial charge on any atom is -0.405 e. The zero-order valence-corrected chi connectivity index (χ0v) is 8.82. The van der Waals surface area contributed by atoms with Gasteiger partial charge in [-0.3, -0.25) is 0 Å². The molecule has 0 aliphatic heterocycles.